The van der Waals surface area contributed by atoms with Gasteiger partial charge in [-0.3, -0.25) is 0 Å². The molecule has 92 valence electrons. The van der Waals surface area contributed by atoms with Crippen LogP contribution in [0, 0.1) is 0 Å². The van der Waals surface area contributed by atoms with Gasteiger partial charge >= 0.3 is 0 Å². The molecule has 0 aliphatic rings. The van der Waals surface area contributed by atoms with Crippen LogP contribution in [0.25, 0.3) is 0 Å². The van der Waals surface area contributed by atoms with E-state index >= 15 is 0 Å². The van der Waals surface area contributed by atoms with E-state index in [2.05, 4.69) is 6.07 Å². The van der Waals surface area contributed by atoms with Crippen molar-refractivity contribution in [1.82, 2.24) is 0 Å². The molecule has 0 unspecified atom stereocenters. The van der Waals surface area contributed by atoms with E-state index in [1.165, 1.54) is 4.88 Å². The topological polar surface area (TPSA) is 35.2 Å². The first-order valence-corrected chi connectivity index (χ1v) is 6.21. The molecule has 1 aromatic carbocycles. The van der Waals surface area contributed by atoms with E-state index in [4.69, 9.17) is 10.5 Å². The molecule has 17 heavy (non-hydrogen) atoms. The normalized spacial score (nSPS) is 11.6. The summed E-state index contributed by atoms with van der Waals surface area (Å²) in [5.74, 6) is 0.881. The standard InChI is InChI=1S/C13H15NOS.ClH/c1-2-15-11-6-3-5-10(9-11)13(14)12-7-4-8-16-12;/h3-9,13H,2,14H2,1H3;1H/t13-;/m1./s1. The Bertz CT molecular complexity index is 444. The summed E-state index contributed by atoms with van der Waals surface area (Å²) < 4.78 is 5.46. The maximum absolute atomic E-state index is 6.18. The zero-order chi connectivity index (χ0) is 11.4. The van der Waals surface area contributed by atoms with Gasteiger partial charge in [-0.1, -0.05) is 18.2 Å². The van der Waals surface area contributed by atoms with Crippen LogP contribution < -0.4 is 10.5 Å². The van der Waals surface area contributed by atoms with Crippen LogP contribution >= 0.6 is 23.7 Å². The molecular weight excluding hydrogens is 254 g/mol. The second-order valence-corrected chi connectivity index (χ2v) is 4.48. The number of hydrogen-bond donors (Lipinski definition) is 1. The lowest BCUT2D eigenvalue weighted by molar-refractivity contribution is 0.340. The van der Waals surface area contributed by atoms with Gasteiger partial charge in [-0.05, 0) is 36.1 Å². The van der Waals surface area contributed by atoms with Crippen LogP contribution in [-0.2, 0) is 0 Å². The van der Waals surface area contributed by atoms with Gasteiger partial charge < -0.3 is 10.5 Å². The van der Waals surface area contributed by atoms with E-state index < -0.39 is 0 Å². The first-order chi connectivity index (χ1) is 7.81. The Morgan fingerprint density at radius 1 is 1.29 bits per heavy atom. The smallest absolute Gasteiger partial charge is 0.119 e. The molecule has 0 spiro atoms. The fraction of sp³-hybridized carbons (Fsp3) is 0.231. The molecule has 0 fully saturated rings. The Kier molecular flexibility index (Phi) is 5.48. The molecule has 4 heteroatoms. The Balaban J connectivity index is 0.00000144. The highest BCUT2D eigenvalue weighted by atomic mass is 35.5. The van der Waals surface area contributed by atoms with Gasteiger partial charge in [-0.25, -0.2) is 0 Å². The fourth-order valence-corrected chi connectivity index (χ4v) is 2.35. The summed E-state index contributed by atoms with van der Waals surface area (Å²) in [6.45, 7) is 2.66. The second-order valence-electron chi connectivity index (χ2n) is 3.50. The quantitative estimate of drug-likeness (QED) is 0.920. The summed E-state index contributed by atoms with van der Waals surface area (Å²) in [7, 11) is 0. The van der Waals surface area contributed by atoms with E-state index in [-0.39, 0.29) is 18.4 Å². The van der Waals surface area contributed by atoms with Gasteiger partial charge in [0.15, 0.2) is 0 Å². The van der Waals surface area contributed by atoms with Gasteiger partial charge in [-0.15, -0.1) is 23.7 Å². The number of nitrogens with two attached hydrogens (primary N) is 1. The number of benzene rings is 1. The van der Waals surface area contributed by atoms with Crippen molar-refractivity contribution in [2.75, 3.05) is 6.61 Å². The molecule has 0 bridgehead atoms. The van der Waals surface area contributed by atoms with Crippen molar-refractivity contribution >= 4 is 23.7 Å². The molecular formula is C13H16ClNOS. The third kappa shape index (κ3) is 3.46. The van der Waals surface area contributed by atoms with Crippen molar-refractivity contribution in [2.45, 2.75) is 13.0 Å². The molecule has 0 saturated heterocycles. The summed E-state index contributed by atoms with van der Waals surface area (Å²) in [6, 6.07) is 12.0. The lowest BCUT2D eigenvalue weighted by Gasteiger charge is -2.11. The zero-order valence-corrected chi connectivity index (χ0v) is 11.3. The predicted octanol–water partition coefficient (Wildman–Crippen LogP) is 3.62. The Labute approximate surface area is 112 Å². The van der Waals surface area contributed by atoms with Gasteiger partial charge in [0.25, 0.3) is 0 Å². The molecule has 0 saturated carbocycles. The Morgan fingerprint density at radius 2 is 2.12 bits per heavy atom. The minimum Gasteiger partial charge on any atom is -0.494 e. The number of rotatable bonds is 4. The lowest BCUT2D eigenvalue weighted by atomic mass is 10.1. The van der Waals surface area contributed by atoms with E-state index in [9.17, 15) is 0 Å². The molecule has 2 N–H and O–H groups in total. The van der Waals surface area contributed by atoms with Crippen LogP contribution in [0.4, 0.5) is 0 Å². The van der Waals surface area contributed by atoms with Crippen LogP contribution in [0.15, 0.2) is 41.8 Å². The van der Waals surface area contributed by atoms with Gasteiger partial charge in [-0.2, -0.15) is 0 Å². The van der Waals surface area contributed by atoms with Gasteiger partial charge in [0, 0.05) is 4.88 Å². The second kappa shape index (κ2) is 6.64. The molecule has 0 radical (unpaired) electrons. The van der Waals surface area contributed by atoms with E-state index in [0.717, 1.165) is 11.3 Å². The van der Waals surface area contributed by atoms with Gasteiger partial charge in [0.1, 0.15) is 5.75 Å². The van der Waals surface area contributed by atoms with Crippen LogP contribution in [0.3, 0.4) is 0 Å². The van der Waals surface area contributed by atoms with Crippen molar-refractivity contribution in [3.8, 4) is 5.75 Å². The molecule has 1 atom stereocenters. The summed E-state index contributed by atoms with van der Waals surface area (Å²) in [5.41, 5.74) is 7.27. The van der Waals surface area contributed by atoms with Crippen molar-refractivity contribution in [3.63, 3.8) is 0 Å². The number of hydrogen-bond acceptors (Lipinski definition) is 3. The molecule has 2 nitrogen and oxygen atoms in total. The largest absolute Gasteiger partial charge is 0.494 e. The van der Waals surface area contributed by atoms with Crippen LogP contribution in [-0.4, -0.2) is 6.61 Å². The van der Waals surface area contributed by atoms with Crippen LogP contribution in [0.5, 0.6) is 5.75 Å². The highest BCUT2D eigenvalue weighted by molar-refractivity contribution is 7.10. The minimum absolute atomic E-state index is 0. The van der Waals surface area contributed by atoms with Gasteiger partial charge in [0.05, 0.1) is 12.6 Å². The average molecular weight is 270 g/mol. The van der Waals surface area contributed by atoms with E-state index in [1.54, 1.807) is 11.3 Å². The van der Waals surface area contributed by atoms with Crippen molar-refractivity contribution in [1.29, 1.82) is 0 Å². The first kappa shape index (κ1) is 14.0. The van der Waals surface area contributed by atoms with E-state index in [1.807, 2.05) is 42.6 Å². The summed E-state index contributed by atoms with van der Waals surface area (Å²) in [4.78, 5) is 1.17. The third-order valence-corrected chi connectivity index (χ3v) is 3.33. The molecule has 0 aliphatic carbocycles. The molecule has 1 aromatic heterocycles. The molecule has 2 rings (SSSR count). The third-order valence-electron chi connectivity index (χ3n) is 2.38. The van der Waals surface area contributed by atoms with Gasteiger partial charge in [0.2, 0.25) is 0 Å². The van der Waals surface area contributed by atoms with Crippen LogP contribution in [0.1, 0.15) is 23.4 Å². The fourth-order valence-electron chi connectivity index (χ4n) is 1.60. The minimum atomic E-state index is -0.0552. The van der Waals surface area contributed by atoms with E-state index in [0.29, 0.717) is 6.61 Å². The number of thiophene rings is 1. The molecule has 0 aliphatic heterocycles. The zero-order valence-electron chi connectivity index (χ0n) is 9.63. The summed E-state index contributed by atoms with van der Waals surface area (Å²) in [6.07, 6.45) is 0. The lowest BCUT2D eigenvalue weighted by Crippen LogP contribution is -2.10. The molecule has 0 amide bonds. The Morgan fingerprint density at radius 3 is 2.76 bits per heavy atom. The highest BCUT2D eigenvalue weighted by Gasteiger charge is 2.10. The molecule has 2 aromatic rings. The maximum atomic E-state index is 6.18. The Hall–Kier alpha value is -1.03. The van der Waals surface area contributed by atoms with Crippen molar-refractivity contribution < 1.29 is 4.74 Å². The summed E-state index contributed by atoms with van der Waals surface area (Å²) >= 11 is 1.68. The predicted molar refractivity (Wildman–Crippen MR) is 75.2 cm³/mol. The van der Waals surface area contributed by atoms with Crippen molar-refractivity contribution in [3.05, 3.63) is 52.2 Å². The number of ether oxygens (including phenoxy) is 1. The first-order valence-electron chi connectivity index (χ1n) is 5.33. The van der Waals surface area contributed by atoms with Crippen LogP contribution in [0.2, 0.25) is 0 Å². The summed E-state index contributed by atoms with van der Waals surface area (Å²) in [5, 5.41) is 2.04. The average Bonchev–Trinajstić information content (AvgIpc) is 2.82. The SMILES string of the molecule is CCOc1cccc([C@@H](N)c2cccs2)c1.Cl. The highest BCUT2D eigenvalue weighted by Crippen LogP contribution is 2.26. The van der Waals surface area contributed by atoms with Crippen molar-refractivity contribution in [2.24, 2.45) is 5.73 Å². The number of halogens is 1. The molecule has 1 heterocycles. The maximum Gasteiger partial charge on any atom is 0.119 e. The monoisotopic (exact) mass is 269 g/mol.